The Balaban J connectivity index is 2.02. The molecule has 1 saturated carbocycles. The van der Waals surface area contributed by atoms with Crippen LogP contribution in [0.3, 0.4) is 0 Å². The molecule has 0 spiro atoms. The van der Waals surface area contributed by atoms with E-state index in [2.05, 4.69) is 28.8 Å². The van der Waals surface area contributed by atoms with Crippen LogP contribution in [-0.2, 0) is 10.0 Å². The largest absolute Gasteiger partial charge is 0.314 e. The van der Waals surface area contributed by atoms with Crippen LogP contribution in [0.5, 0.6) is 0 Å². The zero-order valence-corrected chi connectivity index (χ0v) is 13.3. The second kappa shape index (κ2) is 8.19. The van der Waals surface area contributed by atoms with Gasteiger partial charge in [-0.05, 0) is 53.1 Å². The van der Waals surface area contributed by atoms with Crippen LogP contribution in [0.15, 0.2) is 0 Å². The molecular formula is C13H29N3O2S. The third-order valence-corrected chi connectivity index (χ3v) is 4.99. The fourth-order valence-electron chi connectivity index (χ4n) is 1.72. The molecule has 0 amide bonds. The van der Waals surface area contributed by atoms with Gasteiger partial charge in [0.05, 0.1) is 5.75 Å². The summed E-state index contributed by atoms with van der Waals surface area (Å²) in [6.45, 7) is 6.39. The van der Waals surface area contributed by atoms with E-state index in [0.29, 0.717) is 18.6 Å². The van der Waals surface area contributed by atoms with Gasteiger partial charge in [0.15, 0.2) is 0 Å². The Morgan fingerprint density at radius 3 is 2.47 bits per heavy atom. The van der Waals surface area contributed by atoms with Gasteiger partial charge in [0.25, 0.3) is 0 Å². The Labute approximate surface area is 118 Å². The van der Waals surface area contributed by atoms with Crippen molar-refractivity contribution >= 4 is 10.0 Å². The summed E-state index contributed by atoms with van der Waals surface area (Å²) in [5.74, 6) is 0.241. The summed E-state index contributed by atoms with van der Waals surface area (Å²) in [5.41, 5.74) is 0. The molecule has 114 valence electrons. The number of nitrogens with zero attached hydrogens (tertiary/aromatic N) is 1. The van der Waals surface area contributed by atoms with Gasteiger partial charge < -0.3 is 10.2 Å². The van der Waals surface area contributed by atoms with E-state index >= 15 is 0 Å². The molecule has 19 heavy (non-hydrogen) atoms. The number of nitrogens with one attached hydrogen (secondary N) is 2. The van der Waals surface area contributed by atoms with Crippen molar-refractivity contribution in [1.29, 1.82) is 0 Å². The molecule has 6 heteroatoms. The minimum Gasteiger partial charge on any atom is -0.314 e. The Morgan fingerprint density at radius 1 is 1.21 bits per heavy atom. The number of sulfonamides is 1. The SMILES string of the molecule is CC(C)N(C)CCNS(=O)(=O)CCCCNC1CC1. The topological polar surface area (TPSA) is 61.4 Å². The van der Waals surface area contributed by atoms with Crippen LogP contribution in [0.25, 0.3) is 0 Å². The molecule has 1 fully saturated rings. The maximum Gasteiger partial charge on any atom is 0.211 e. The van der Waals surface area contributed by atoms with Crippen molar-refractivity contribution in [3.63, 3.8) is 0 Å². The molecule has 0 radical (unpaired) electrons. The van der Waals surface area contributed by atoms with Crippen molar-refractivity contribution in [1.82, 2.24) is 14.9 Å². The van der Waals surface area contributed by atoms with Gasteiger partial charge in [0.1, 0.15) is 0 Å². The highest BCUT2D eigenvalue weighted by molar-refractivity contribution is 7.89. The zero-order valence-electron chi connectivity index (χ0n) is 12.5. The zero-order chi connectivity index (χ0) is 14.3. The average molecular weight is 291 g/mol. The molecule has 0 aliphatic heterocycles. The van der Waals surface area contributed by atoms with E-state index in [1.165, 1.54) is 12.8 Å². The predicted molar refractivity (Wildman–Crippen MR) is 79.8 cm³/mol. The highest BCUT2D eigenvalue weighted by Gasteiger charge is 2.19. The van der Waals surface area contributed by atoms with Crippen molar-refractivity contribution in [3.8, 4) is 0 Å². The van der Waals surface area contributed by atoms with E-state index in [4.69, 9.17) is 0 Å². The van der Waals surface area contributed by atoms with Gasteiger partial charge in [0, 0.05) is 25.2 Å². The van der Waals surface area contributed by atoms with Crippen molar-refractivity contribution in [2.24, 2.45) is 0 Å². The van der Waals surface area contributed by atoms with Gasteiger partial charge in [0.2, 0.25) is 10.0 Å². The number of likely N-dealkylation sites (N-methyl/N-ethyl adjacent to an activating group) is 1. The molecule has 1 rings (SSSR count). The molecular weight excluding hydrogens is 262 g/mol. The number of hydrogen-bond acceptors (Lipinski definition) is 4. The minimum absolute atomic E-state index is 0.241. The van der Waals surface area contributed by atoms with Crippen molar-refractivity contribution in [2.75, 3.05) is 32.4 Å². The van der Waals surface area contributed by atoms with Crippen LogP contribution in [0.1, 0.15) is 39.5 Å². The lowest BCUT2D eigenvalue weighted by Gasteiger charge is -2.20. The van der Waals surface area contributed by atoms with E-state index in [1.807, 2.05) is 7.05 Å². The number of unbranched alkanes of at least 4 members (excludes halogenated alkanes) is 1. The number of rotatable bonds is 11. The molecule has 0 aromatic heterocycles. The Bertz CT molecular complexity index is 340. The lowest BCUT2D eigenvalue weighted by atomic mass is 10.3. The van der Waals surface area contributed by atoms with E-state index in [1.54, 1.807) is 0 Å². The summed E-state index contributed by atoms with van der Waals surface area (Å²) >= 11 is 0. The second-order valence-electron chi connectivity index (χ2n) is 5.72. The quantitative estimate of drug-likeness (QED) is 0.552. The summed E-state index contributed by atoms with van der Waals surface area (Å²) in [6.07, 6.45) is 4.23. The smallest absolute Gasteiger partial charge is 0.211 e. The van der Waals surface area contributed by atoms with Gasteiger partial charge in [-0.25, -0.2) is 13.1 Å². The first-order chi connectivity index (χ1) is 8.91. The van der Waals surface area contributed by atoms with Crippen molar-refractivity contribution < 1.29 is 8.42 Å². The molecule has 1 aliphatic carbocycles. The van der Waals surface area contributed by atoms with E-state index < -0.39 is 10.0 Å². The normalized spacial score (nSPS) is 16.5. The third kappa shape index (κ3) is 8.57. The van der Waals surface area contributed by atoms with Gasteiger partial charge in [-0.1, -0.05) is 0 Å². The maximum absolute atomic E-state index is 11.7. The minimum atomic E-state index is -3.09. The Hall–Kier alpha value is -0.170. The summed E-state index contributed by atoms with van der Waals surface area (Å²) in [4.78, 5) is 2.13. The molecule has 0 heterocycles. The van der Waals surface area contributed by atoms with Crippen LogP contribution in [-0.4, -0.2) is 57.8 Å². The van der Waals surface area contributed by atoms with Gasteiger partial charge in [-0.15, -0.1) is 0 Å². The molecule has 5 nitrogen and oxygen atoms in total. The first-order valence-electron chi connectivity index (χ1n) is 7.31. The third-order valence-electron chi connectivity index (χ3n) is 3.52. The molecule has 0 aromatic rings. The molecule has 0 atom stereocenters. The Morgan fingerprint density at radius 2 is 1.89 bits per heavy atom. The first kappa shape index (κ1) is 16.9. The average Bonchev–Trinajstić information content (AvgIpc) is 3.12. The maximum atomic E-state index is 11.7. The Kier molecular flexibility index (Phi) is 7.28. The van der Waals surface area contributed by atoms with E-state index in [9.17, 15) is 8.42 Å². The molecule has 0 unspecified atom stereocenters. The fourth-order valence-corrected chi connectivity index (χ4v) is 2.85. The fraction of sp³-hybridized carbons (Fsp3) is 1.00. The van der Waals surface area contributed by atoms with E-state index in [-0.39, 0.29) is 5.75 Å². The van der Waals surface area contributed by atoms with Crippen LogP contribution in [0.4, 0.5) is 0 Å². The molecule has 0 aromatic carbocycles. The van der Waals surface area contributed by atoms with Gasteiger partial charge in [-0.2, -0.15) is 0 Å². The standard InChI is InChI=1S/C13H29N3O2S/c1-12(2)16(3)10-9-15-19(17,18)11-5-4-8-14-13-6-7-13/h12-15H,4-11H2,1-3H3. The van der Waals surface area contributed by atoms with Crippen LogP contribution in [0, 0.1) is 0 Å². The van der Waals surface area contributed by atoms with Gasteiger partial charge in [-0.3, -0.25) is 0 Å². The molecule has 2 N–H and O–H groups in total. The van der Waals surface area contributed by atoms with Crippen LogP contribution >= 0.6 is 0 Å². The van der Waals surface area contributed by atoms with E-state index in [0.717, 1.165) is 25.9 Å². The summed E-state index contributed by atoms with van der Waals surface area (Å²) in [6, 6.07) is 1.15. The van der Waals surface area contributed by atoms with Crippen LogP contribution in [0.2, 0.25) is 0 Å². The lowest BCUT2D eigenvalue weighted by molar-refractivity contribution is 0.278. The summed E-state index contributed by atoms with van der Waals surface area (Å²) in [5, 5.41) is 3.39. The van der Waals surface area contributed by atoms with Crippen molar-refractivity contribution in [2.45, 2.75) is 51.6 Å². The predicted octanol–water partition coefficient (Wildman–Crippen LogP) is 0.778. The van der Waals surface area contributed by atoms with Gasteiger partial charge >= 0.3 is 0 Å². The number of hydrogen-bond donors (Lipinski definition) is 2. The second-order valence-corrected chi connectivity index (χ2v) is 7.65. The highest BCUT2D eigenvalue weighted by atomic mass is 32.2. The highest BCUT2D eigenvalue weighted by Crippen LogP contribution is 2.18. The monoisotopic (exact) mass is 291 g/mol. The lowest BCUT2D eigenvalue weighted by Crippen LogP contribution is -2.37. The summed E-state index contributed by atoms with van der Waals surface area (Å²) in [7, 11) is -1.09. The first-order valence-corrected chi connectivity index (χ1v) is 8.97. The van der Waals surface area contributed by atoms with Crippen molar-refractivity contribution in [3.05, 3.63) is 0 Å². The summed E-state index contributed by atoms with van der Waals surface area (Å²) < 4.78 is 26.1. The molecule has 1 aliphatic rings. The molecule has 0 saturated heterocycles. The van der Waals surface area contributed by atoms with Crippen LogP contribution < -0.4 is 10.0 Å². The molecule has 0 bridgehead atoms.